The van der Waals surface area contributed by atoms with E-state index in [2.05, 4.69) is 87.6 Å². The maximum Gasteiger partial charge on any atom is 0.180 e. The molecule has 7 heteroatoms. The highest BCUT2D eigenvalue weighted by Gasteiger charge is 2.25. The zero-order chi connectivity index (χ0) is 22.9. The van der Waals surface area contributed by atoms with E-state index in [1.54, 1.807) is 11.3 Å². The number of fused-ring (bicyclic) bond motifs is 2. The molecular weight excluding hydrogens is 460 g/mol. The number of nitrogen functional groups attached to an aromatic ring is 1. The Balaban J connectivity index is 1.13. The van der Waals surface area contributed by atoms with Crippen molar-refractivity contribution in [2.75, 3.05) is 23.7 Å². The molecule has 2 N–H and O–H groups in total. The lowest BCUT2D eigenvalue weighted by Crippen LogP contribution is -2.37. The lowest BCUT2D eigenvalue weighted by Gasteiger charge is -2.33. The van der Waals surface area contributed by atoms with Crippen LogP contribution in [0.4, 0.5) is 22.2 Å². The van der Waals surface area contributed by atoms with Crippen LogP contribution in [0.15, 0.2) is 88.8 Å². The van der Waals surface area contributed by atoms with E-state index in [-0.39, 0.29) is 6.10 Å². The van der Waals surface area contributed by atoms with Gasteiger partial charge in [0.25, 0.3) is 0 Å². The molecule has 0 spiro atoms. The molecule has 0 unspecified atom stereocenters. The molecule has 4 aromatic rings. The van der Waals surface area contributed by atoms with E-state index >= 15 is 0 Å². The number of piperidine rings is 1. The van der Waals surface area contributed by atoms with Crippen LogP contribution in [0.1, 0.15) is 17.7 Å². The largest absolute Gasteiger partial charge is 0.490 e. The Morgan fingerprint density at radius 3 is 2.15 bits per heavy atom. The Morgan fingerprint density at radius 2 is 1.53 bits per heavy atom. The molecule has 3 heterocycles. The smallest absolute Gasteiger partial charge is 0.180 e. The van der Waals surface area contributed by atoms with Gasteiger partial charge in [0.2, 0.25) is 0 Å². The second-order valence-electron chi connectivity index (χ2n) is 8.62. The third-order valence-electron chi connectivity index (χ3n) is 6.32. The fourth-order valence-corrected chi connectivity index (χ4v) is 6.43. The van der Waals surface area contributed by atoms with Crippen LogP contribution in [0.5, 0.6) is 5.75 Å². The van der Waals surface area contributed by atoms with Gasteiger partial charge in [-0.1, -0.05) is 36.0 Å². The van der Waals surface area contributed by atoms with Crippen LogP contribution in [0.2, 0.25) is 0 Å². The lowest BCUT2D eigenvalue weighted by atomic mass is 10.1. The Morgan fingerprint density at radius 1 is 0.882 bits per heavy atom. The molecule has 172 valence electrons. The molecule has 0 amide bonds. The van der Waals surface area contributed by atoms with Crippen LogP contribution in [0, 0.1) is 0 Å². The fourth-order valence-electron chi connectivity index (χ4n) is 4.65. The maximum atomic E-state index is 6.36. The fraction of sp³-hybridized carbons (Fsp3) is 0.222. The van der Waals surface area contributed by atoms with Crippen molar-refractivity contribution in [1.29, 1.82) is 0 Å². The van der Waals surface area contributed by atoms with Crippen molar-refractivity contribution in [2.24, 2.45) is 0 Å². The number of para-hydroxylation sites is 2. The predicted octanol–water partition coefficient (Wildman–Crippen LogP) is 6.70. The number of nitrogens with two attached hydrogens (primary N) is 1. The standard InChI is InChI=1S/C27H26N4OS2/c28-27-29-17-22(33-27)18-30-15-13-21(14-16-30)32-20-11-9-19(10-12-20)31-23-5-1-3-7-25(23)34-26-8-4-2-6-24(26)31/h1-12,17,21H,13-16,18H2,(H2,28,29). The van der Waals surface area contributed by atoms with Crippen molar-refractivity contribution in [3.05, 3.63) is 83.9 Å². The highest BCUT2D eigenvalue weighted by Crippen LogP contribution is 2.51. The summed E-state index contributed by atoms with van der Waals surface area (Å²) < 4.78 is 6.36. The van der Waals surface area contributed by atoms with Crippen molar-refractivity contribution in [1.82, 2.24) is 9.88 Å². The molecule has 1 saturated heterocycles. The number of nitrogens with zero attached hydrogens (tertiary/aromatic N) is 3. The number of likely N-dealkylation sites (tertiary alicyclic amines) is 1. The van der Waals surface area contributed by atoms with Crippen molar-refractivity contribution in [3.8, 4) is 5.75 Å². The van der Waals surface area contributed by atoms with Crippen molar-refractivity contribution >= 4 is 45.3 Å². The van der Waals surface area contributed by atoms with E-state index in [1.165, 1.54) is 26.0 Å². The molecule has 0 aliphatic carbocycles. The minimum atomic E-state index is 0.251. The molecule has 0 saturated carbocycles. The molecule has 0 atom stereocenters. The van der Waals surface area contributed by atoms with Gasteiger partial charge in [-0.15, -0.1) is 11.3 Å². The van der Waals surface area contributed by atoms with Gasteiger partial charge in [-0.25, -0.2) is 4.98 Å². The normalized spacial score (nSPS) is 16.2. The second kappa shape index (κ2) is 9.33. The van der Waals surface area contributed by atoms with Gasteiger partial charge in [0.05, 0.1) is 11.4 Å². The predicted molar refractivity (Wildman–Crippen MR) is 141 cm³/mol. The quantitative estimate of drug-likeness (QED) is 0.298. The van der Waals surface area contributed by atoms with Crippen molar-refractivity contribution in [2.45, 2.75) is 35.3 Å². The monoisotopic (exact) mass is 486 g/mol. The van der Waals surface area contributed by atoms with Crippen molar-refractivity contribution in [3.63, 3.8) is 0 Å². The third-order valence-corrected chi connectivity index (χ3v) is 8.26. The molecule has 0 radical (unpaired) electrons. The van der Waals surface area contributed by atoms with Gasteiger partial charge in [0.1, 0.15) is 11.9 Å². The first-order valence-electron chi connectivity index (χ1n) is 11.6. The van der Waals surface area contributed by atoms with E-state index in [1.807, 2.05) is 18.0 Å². The summed E-state index contributed by atoms with van der Waals surface area (Å²) in [6, 6.07) is 25.7. The van der Waals surface area contributed by atoms with Gasteiger partial charge in [0.15, 0.2) is 5.13 Å². The SMILES string of the molecule is Nc1ncc(CN2CCC(Oc3ccc(N4c5ccccc5Sc5ccccc54)cc3)CC2)s1. The van der Waals surface area contributed by atoms with Gasteiger partial charge in [-0.05, 0) is 61.4 Å². The Kier molecular flexibility index (Phi) is 5.91. The summed E-state index contributed by atoms with van der Waals surface area (Å²) in [6.45, 7) is 2.98. The van der Waals surface area contributed by atoms with Crippen LogP contribution >= 0.6 is 23.1 Å². The van der Waals surface area contributed by atoms with Crippen LogP contribution in [-0.2, 0) is 6.54 Å². The molecule has 34 heavy (non-hydrogen) atoms. The number of hydrogen-bond donors (Lipinski definition) is 1. The number of thiazole rings is 1. The summed E-state index contributed by atoms with van der Waals surface area (Å²) in [4.78, 5) is 12.7. The molecule has 0 bridgehead atoms. The number of aromatic nitrogens is 1. The van der Waals surface area contributed by atoms with Gasteiger partial charge in [-0.3, -0.25) is 4.90 Å². The summed E-state index contributed by atoms with van der Waals surface area (Å²) in [7, 11) is 0. The van der Waals surface area contributed by atoms with Gasteiger partial charge in [-0.2, -0.15) is 0 Å². The maximum absolute atomic E-state index is 6.36. The van der Waals surface area contributed by atoms with Gasteiger partial charge < -0.3 is 15.4 Å². The van der Waals surface area contributed by atoms with E-state index in [0.717, 1.165) is 43.9 Å². The van der Waals surface area contributed by atoms with Crippen LogP contribution < -0.4 is 15.4 Å². The summed E-state index contributed by atoms with van der Waals surface area (Å²) in [5, 5.41) is 0.645. The Labute approximate surface area is 208 Å². The highest BCUT2D eigenvalue weighted by molar-refractivity contribution is 7.99. The van der Waals surface area contributed by atoms with E-state index in [4.69, 9.17) is 10.5 Å². The second-order valence-corrected chi connectivity index (χ2v) is 10.9. The van der Waals surface area contributed by atoms with E-state index in [0.29, 0.717) is 5.13 Å². The highest BCUT2D eigenvalue weighted by atomic mass is 32.2. The molecule has 2 aliphatic rings. The zero-order valence-corrected chi connectivity index (χ0v) is 20.4. The van der Waals surface area contributed by atoms with Crippen molar-refractivity contribution < 1.29 is 4.74 Å². The van der Waals surface area contributed by atoms with Crippen LogP contribution in [0.25, 0.3) is 0 Å². The summed E-state index contributed by atoms with van der Waals surface area (Å²) in [5.74, 6) is 0.936. The Hall–Kier alpha value is -3.00. The molecule has 1 fully saturated rings. The summed E-state index contributed by atoms with van der Waals surface area (Å²) in [6.07, 6.45) is 4.20. The first-order chi connectivity index (χ1) is 16.7. The van der Waals surface area contributed by atoms with Crippen LogP contribution in [0.3, 0.4) is 0 Å². The minimum Gasteiger partial charge on any atom is -0.490 e. The number of benzene rings is 3. The molecular formula is C27H26N4OS2. The molecule has 3 aromatic carbocycles. The zero-order valence-electron chi connectivity index (χ0n) is 18.8. The Bertz CT molecular complexity index is 1240. The summed E-state index contributed by atoms with van der Waals surface area (Å²) >= 11 is 3.41. The molecule has 1 aromatic heterocycles. The van der Waals surface area contributed by atoms with Gasteiger partial charge in [0, 0.05) is 46.2 Å². The van der Waals surface area contributed by atoms with Crippen LogP contribution in [-0.4, -0.2) is 29.1 Å². The summed E-state index contributed by atoms with van der Waals surface area (Å²) in [5.41, 5.74) is 9.34. The van der Waals surface area contributed by atoms with E-state index in [9.17, 15) is 0 Å². The lowest BCUT2D eigenvalue weighted by molar-refractivity contribution is 0.0973. The molecule has 2 aliphatic heterocycles. The average Bonchev–Trinajstić information content (AvgIpc) is 3.28. The third kappa shape index (κ3) is 4.39. The number of hydrogen-bond acceptors (Lipinski definition) is 7. The number of rotatable bonds is 5. The van der Waals surface area contributed by atoms with E-state index < -0.39 is 0 Å². The topological polar surface area (TPSA) is 54.6 Å². The average molecular weight is 487 g/mol. The molecule has 5 nitrogen and oxygen atoms in total. The first-order valence-corrected chi connectivity index (χ1v) is 13.2. The molecule has 6 rings (SSSR count). The minimum absolute atomic E-state index is 0.251. The van der Waals surface area contributed by atoms with Gasteiger partial charge >= 0.3 is 0 Å². The first kappa shape index (κ1) is 21.5. The number of ether oxygens (including phenoxy) is 1. The number of anilines is 4.